The molecule has 0 spiro atoms. The molecule has 0 bridgehead atoms. The van der Waals surface area contributed by atoms with Crippen LogP contribution < -0.4 is 4.72 Å². The molecule has 0 aliphatic heterocycles. The molecule has 0 aromatic rings. The van der Waals surface area contributed by atoms with Gasteiger partial charge >= 0.3 is 5.97 Å². The Balaban J connectivity index is 4.30. The van der Waals surface area contributed by atoms with E-state index in [1.54, 1.807) is 27.7 Å². The van der Waals surface area contributed by atoms with Gasteiger partial charge in [-0.05, 0) is 6.92 Å². The van der Waals surface area contributed by atoms with Crippen molar-refractivity contribution in [3.8, 4) is 0 Å². The van der Waals surface area contributed by atoms with Crippen LogP contribution in [0, 0.1) is 5.41 Å². The lowest BCUT2D eigenvalue weighted by molar-refractivity contribution is -0.140. The standard InChI is InChI=1S/C10H19NO5S/c1-5-16-9(13)7-17(14,15)11-6-8(12)10(2,3)4/h11H,5-7H2,1-4H3. The first-order valence-corrected chi connectivity index (χ1v) is 6.90. The molecule has 0 aliphatic carbocycles. The summed E-state index contributed by atoms with van der Waals surface area (Å²) in [6.45, 7) is 6.46. The van der Waals surface area contributed by atoms with E-state index in [-0.39, 0.29) is 18.9 Å². The number of hydrogen-bond acceptors (Lipinski definition) is 5. The first-order chi connectivity index (χ1) is 7.58. The lowest BCUT2D eigenvalue weighted by Gasteiger charge is -2.16. The van der Waals surface area contributed by atoms with Gasteiger partial charge in [0.1, 0.15) is 0 Å². The van der Waals surface area contributed by atoms with Crippen molar-refractivity contribution in [2.24, 2.45) is 5.41 Å². The summed E-state index contributed by atoms with van der Waals surface area (Å²) in [6.07, 6.45) is 0. The van der Waals surface area contributed by atoms with Crippen LogP contribution in [0.4, 0.5) is 0 Å². The zero-order chi connectivity index (χ0) is 13.7. The van der Waals surface area contributed by atoms with Crippen LogP contribution in [0.3, 0.4) is 0 Å². The van der Waals surface area contributed by atoms with E-state index in [1.165, 1.54) is 0 Å². The van der Waals surface area contributed by atoms with E-state index < -0.39 is 27.2 Å². The van der Waals surface area contributed by atoms with Gasteiger partial charge in [0.25, 0.3) is 0 Å². The Morgan fingerprint density at radius 1 is 1.24 bits per heavy atom. The van der Waals surface area contributed by atoms with Crippen LogP contribution in [-0.4, -0.2) is 39.1 Å². The van der Waals surface area contributed by atoms with Crippen molar-refractivity contribution >= 4 is 21.8 Å². The highest BCUT2D eigenvalue weighted by molar-refractivity contribution is 7.90. The molecule has 0 fully saturated rings. The molecule has 0 rings (SSSR count). The molecule has 1 N–H and O–H groups in total. The van der Waals surface area contributed by atoms with E-state index >= 15 is 0 Å². The van der Waals surface area contributed by atoms with Gasteiger partial charge in [-0.2, -0.15) is 0 Å². The molecule has 0 aliphatic rings. The zero-order valence-electron chi connectivity index (χ0n) is 10.6. The van der Waals surface area contributed by atoms with Crippen molar-refractivity contribution in [1.82, 2.24) is 4.72 Å². The maximum atomic E-state index is 11.5. The van der Waals surface area contributed by atoms with Gasteiger partial charge in [-0.1, -0.05) is 20.8 Å². The van der Waals surface area contributed by atoms with Crippen LogP contribution in [0.15, 0.2) is 0 Å². The molecule has 0 atom stereocenters. The summed E-state index contributed by atoms with van der Waals surface area (Å²) in [7, 11) is -3.80. The molecule has 7 heteroatoms. The quantitative estimate of drug-likeness (QED) is 0.687. The van der Waals surface area contributed by atoms with Crippen LogP contribution in [0.2, 0.25) is 0 Å². The van der Waals surface area contributed by atoms with Crippen molar-refractivity contribution < 1.29 is 22.7 Å². The average Bonchev–Trinajstić information content (AvgIpc) is 2.12. The molecule has 0 saturated heterocycles. The molecule has 6 nitrogen and oxygen atoms in total. The minimum atomic E-state index is -3.80. The molecule has 0 radical (unpaired) electrons. The van der Waals surface area contributed by atoms with Crippen molar-refractivity contribution in [2.75, 3.05) is 18.9 Å². The van der Waals surface area contributed by atoms with Crippen LogP contribution in [0.1, 0.15) is 27.7 Å². The Hall–Kier alpha value is -0.950. The largest absolute Gasteiger partial charge is 0.465 e. The molecule has 17 heavy (non-hydrogen) atoms. The molecule has 0 aromatic carbocycles. The van der Waals surface area contributed by atoms with Crippen LogP contribution in [0.5, 0.6) is 0 Å². The van der Waals surface area contributed by atoms with E-state index in [9.17, 15) is 18.0 Å². The van der Waals surface area contributed by atoms with Gasteiger partial charge in [-0.15, -0.1) is 0 Å². The first-order valence-electron chi connectivity index (χ1n) is 5.24. The number of nitrogens with one attached hydrogen (secondary N) is 1. The molecule has 0 heterocycles. The Bertz CT molecular complexity index is 380. The summed E-state index contributed by atoms with van der Waals surface area (Å²) in [4.78, 5) is 22.5. The maximum absolute atomic E-state index is 11.5. The van der Waals surface area contributed by atoms with Gasteiger partial charge in [0.15, 0.2) is 11.5 Å². The molecule has 0 saturated carbocycles. The number of esters is 1. The summed E-state index contributed by atoms with van der Waals surface area (Å²) in [6, 6.07) is 0. The maximum Gasteiger partial charge on any atom is 0.322 e. The molecule has 0 aromatic heterocycles. The minimum Gasteiger partial charge on any atom is -0.465 e. The second-order valence-electron chi connectivity index (χ2n) is 4.56. The van der Waals surface area contributed by atoms with E-state index in [1.807, 2.05) is 0 Å². The van der Waals surface area contributed by atoms with Crippen molar-refractivity contribution in [2.45, 2.75) is 27.7 Å². The monoisotopic (exact) mass is 265 g/mol. The Kier molecular flexibility index (Phi) is 5.77. The highest BCUT2D eigenvalue weighted by atomic mass is 32.2. The summed E-state index contributed by atoms with van der Waals surface area (Å²) >= 11 is 0. The van der Waals surface area contributed by atoms with Gasteiger partial charge in [-0.3, -0.25) is 9.59 Å². The third kappa shape index (κ3) is 7.06. The number of Topliss-reactive ketones (excluding diaryl/α,β-unsaturated/α-hetero) is 1. The fourth-order valence-corrected chi connectivity index (χ4v) is 1.70. The van der Waals surface area contributed by atoms with Crippen molar-refractivity contribution in [1.29, 1.82) is 0 Å². The SMILES string of the molecule is CCOC(=O)CS(=O)(=O)NCC(=O)C(C)(C)C. The Morgan fingerprint density at radius 2 is 1.76 bits per heavy atom. The fraction of sp³-hybridized carbons (Fsp3) is 0.800. The normalized spacial score (nSPS) is 12.2. The topological polar surface area (TPSA) is 89.5 Å². The first kappa shape index (κ1) is 16.1. The second kappa shape index (κ2) is 6.11. The highest BCUT2D eigenvalue weighted by Crippen LogP contribution is 2.13. The lowest BCUT2D eigenvalue weighted by atomic mass is 9.91. The van der Waals surface area contributed by atoms with Crippen LogP contribution in [0.25, 0.3) is 0 Å². The minimum absolute atomic E-state index is 0.120. The number of ketones is 1. The van der Waals surface area contributed by atoms with Gasteiger partial charge < -0.3 is 4.74 Å². The van der Waals surface area contributed by atoms with Gasteiger partial charge in [0.05, 0.1) is 13.2 Å². The number of hydrogen-bond donors (Lipinski definition) is 1. The number of carbonyl (C=O) groups is 2. The Morgan fingerprint density at radius 3 is 2.18 bits per heavy atom. The predicted molar refractivity (Wildman–Crippen MR) is 62.9 cm³/mol. The third-order valence-corrected chi connectivity index (χ3v) is 3.10. The molecule has 100 valence electrons. The zero-order valence-corrected chi connectivity index (χ0v) is 11.4. The molecule has 0 amide bonds. The smallest absolute Gasteiger partial charge is 0.322 e. The lowest BCUT2D eigenvalue weighted by Crippen LogP contribution is -2.38. The second-order valence-corrected chi connectivity index (χ2v) is 6.37. The molecular formula is C10H19NO5S. The number of carbonyl (C=O) groups excluding carboxylic acids is 2. The highest BCUT2D eigenvalue weighted by Gasteiger charge is 2.24. The summed E-state index contributed by atoms with van der Waals surface area (Å²) < 4.78 is 29.4. The number of ether oxygens (including phenoxy) is 1. The van der Waals surface area contributed by atoms with Gasteiger partial charge in [0.2, 0.25) is 10.0 Å². The van der Waals surface area contributed by atoms with E-state index in [2.05, 4.69) is 9.46 Å². The van der Waals surface area contributed by atoms with E-state index in [0.717, 1.165) is 0 Å². The summed E-state index contributed by atoms with van der Waals surface area (Å²) in [5.74, 6) is -1.84. The fourth-order valence-electron chi connectivity index (χ4n) is 0.850. The summed E-state index contributed by atoms with van der Waals surface area (Å²) in [5, 5.41) is 0. The average molecular weight is 265 g/mol. The van der Waals surface area contributed by atoms with E-state index in [4.69, 9.17) is 0 Å². The number of rotatable bonds is 6. The van der Waals surface area contributed by atoms with Gasteiger partial charge in [-0.25, -0.2) is 13.1 Å². The molecular weight excluding hydrogens is 246 g/mol. The van der Waals surface area contributed by atoms with Gasteiger partial charge in [0, 0.05) is 5.41 Å². The predicted octanol–water partition coefficient (Wildman–Crippen LogP) is 0.0841. The Labute approximate surface area is 102 Å². The van der Waals surface area contributed by atoms with Crippen molar-refractivity contribution in [3.05, 3.63) is 0 Å². The molecule has 0 unspecified atom stereocenters. The summed E-state index contributed by atoms with van der Waals surface area (Å²) in [5.41, 5.74) is -0.619. The third-order valence-electron chi connectivity index (χ3n) is 1.90. The van der Waals surface area contributed by atoms with Crippen LogP contribution >= 0.6 is 0 Å². The van der Waals surface area contributed by atoms with E-state index in [0.29, 0.717) is 0 Å². The van der Waals surface area contributed by atoms with Crippen LogP contribution in [-0.2, 0) is 24.3 Å². The number of sulfonamides is 1. The van der Waals surface area contributed by atoms with Crippen molar-refractivity contribution in [3.63, 3.8) is 0 Å².